The first-order chi connectivity index (χ1) is 9.99. The van der Waals surface area contributed by atoms with Crippen molar-refractivity contribution in [1.29, 1.82) is 0 Å². The first kappa shape index (κ1) is 16.0. The summed E-state index contributed by atoms with van der Waals surface area (Å²) < 4.78 is 0. The fraction of sp³-hybridized carbons (Fsp3) is 0.600. The molecule has 1 amide bonds. The summed E-state index contributed by atoms with van der Waals surface area (Å²) in [5.74, 6) is -0.952. The molecule has 1 N–H and O–H groups in total. The molecule has 0 radical (unpaired) electrons. The molecule has 1 atom stereocenters. The largest absolute Gasteiger partial charge is 0.481 e. The van der Waals surface area contributed by atoms with Crippen LogP contribution >= 0.6 is 11.3 Å². The van der Waals surface area contributed by atoms with Crippen molar-refractivity contribution in [2.75, 3.05) is 26.7 Å². The molecule has 2 heterocycles. The Balaban J connectivity index is 1.83. The first-order valence-electron chi connectivity index (χ1n) is 7.23. The molecule has 1 aliphatic heterocycles. The molecule has 1 unspecified atom stereocenters. The van der Waals surface area contributed by atoms with Gasteiger partial charge in [-0.3, -0.25) is 14.5 Å². The minimum absolute atomic E-state index is 0.0877. The van der Waals surface area contributed by atoms with E-state index in [0.717, 1.165) is 0 Å². The summed E-state index contributed by atoms with van der Waals surface area (Å²) in [4.78, 5) is 28.3. The molecule has 0 saturated carbocycles. The smallest absolute Gasteiger partial charge is 0.306 e. The monoisotopic (exact) mass is 310 g/mol. The fourth-order valence-electron chi connectivity index (χ4n) is 2.57. The molecule has 1 fully saturated rings. The quantitative estimate of drug-likeness (QED) is 0.904. The Morgan fingerprint density at radius 1 is 1.48 bits per heavy atom. The molecule has 116 valence electrons. The summed E-state index contributed by atoms with van der Waals surface area (Å²) in [7, 11) is 1.95. The van der Waals surface area contributed by atoms with Gasteiger partial charge in [0, 0.05) is 24.0 Å². The van der Waals surface area contributed by atoms with E-state index < -0.39 is 5.97 Å². The van der Waals surface area contributed by atoms with Gasteiger partial charge in [0.25, 0.3) is 0 Å². The minimum Gasteiger partial charge on any atom is -0.481 e. The molecule has 1 aromatic heterocycles. The van der Waals surface area contributed by atoms with Crippen molar-refractivity contribution in [3.05, 3.63) is 22.4 Å². The molecule has 0 aliphatic carbocycles. The summed E-state index contributed by atoms with van der Waals surface area (Å²) in [6.07, 6.45) is 1.12. The average molecular weight is 310 g/mol. The number of thiophene rings is 1. The zero-order valence-corrected chi connectivity index (χ0v) is 13.3. The van der Waals surface area contributed by atoms with Gasteiger partial charge >= 0.3 is 5.97 Å². The molecule has 5 nitrogen and oxygen atoms in total. The van der Waals surface area contributed by atoms with Gasteiger partial charge in [0.05, 0.1) is 12.5 Å². The van der Waals surface area contributed by atoms with Crippen LogP contribution in [0.15, 0.2) is 17.5 Å². The third-order valence-electron chi connectivity index (χ3n) is 4.20. The van der Waals surface area contributed by atoms with Gasteiger partial charge in [-0.15, -0.1) is 11.3 Å². The Bertz CT molecular complexity index is 481. The van der Waals surface area contributed by atoms with Crippen molar-refractivity contribution in [3.8, 4) is 0 Å². The van der Waals surface area contributed by atoms with E-state index in [1.807, 2.05) is 23.4 Å². The third kappa shape index (κ3) is 4.04. The van der Waals surface area contributed by atoms with Crippen LogP contribution in [0.4, 0.5) is 0 Å². The summed E-state index contributed by atoms with van der Waals surface area (Å²) in [6.45, 7) is 3.57. The molecular formula is C15H22N2O3S. The van der Waals surface area contributed by atoms with Gasteiger partial charge in [-0.25, -0.2) is 0 Å². The van der Waals surface area contributed by atoms with Gasteiger partial charge in [-0.1, -0.05) is 6.07 Å². The SMILES string of the molecule is CC(c1cccs1)N(C)CC(=O)N1CCC(C(=O)O)CC1. The minimum atomic E-state index is -0.745. The lowest BCUT2D eigenvalue weighted by Gasteiger charge is -2.32. The number of likely N-dealkylation sites (tertiary alicyclic amines) is 1. The van der Waals surface area contributed by atoms with Crippen LogP contribution in [0, 0.1) is 5.92 Å². The number of likely N-dealkylation sites (N-methyl/N-ethyl adjacent to an activating group) is 1. The van der Waals surface area contributed by atoms with Crippen LogP contribution in [0.25, 0.3) is 0 Å². The number of rotatable bonds is 5. The van der Waals surface area contributed by atoms with Gasteiger partial charge in [-0.2, -0.15) is 0 Å². The molecule has 6 heteroatoms. The molecular weight excluding hydrogens is 288 g/mol. The molecule has 2 rings (SSSR count). The van der Waals surface area contributed by atoms with Crippen molar-refractivity contribution < 1.29 is 14.7 Å². The first-order valence-corrected chi connectivity index (χ1v) is 8.11. The van der Waals surface area contributed by atoms with E-state index in [1.54, 1.807) is 16.2 Å². The van der Waals surface area contributed by atoms with E-state index in [4.69, 9.17) is 5.11 Å². The Morgan fingerprint density at radius 3 is 2.67 bits per heavy atom. The van der Waals surface area contributed by atoms with Gasteiger partial charge < -0.3 is 10.0 Å². The van der Waals surface area contributed by atoms with E-state index in [9.17, 15) is 9.59 Å². The number of hydrogen-bond acceptors (Lipinski definition) is 4. The topological polar surface area (TPSA) is 60.9 Å². The lowest BCUT2D eigenvalue weighted by molar-refractivity contribution is -0.146. The van der Waals surface area contributed by atoms with Crippen LogP contribution in [-0.4, -0.2) is 53.5 Å². The Labute approximate surface area is 129 Å². The van der Waals surface area contributed by atoms with Gasteiger partial charge in [-0.05, 0) is 38.3 Å². The van der Waals surface area contributed by atoms with Crippen LogP contribution in [0.1, 0.15) is 30.7 Å². The molecule has 1 saturated heterocycles. The lowest BCUT2D eigenvalue weighted by Crippen LogP contribution is -2.44. The van der Waals surface area contributed by atoms with Crippen LogP contribution in [0.3, 0.4) is 0 Å². The average Bonchev–Trinajstić information content (AvgIpc) is 3.00. The number of nitrogens with zero attached hydrogens (tertiary/aromatic N) is 2. The van der Waals surface area contributed by atoms with Gasteiger partial charge in [0.1, 0.15) is 0 Å². The Kier molecular flexibility index (Phi) is 5.36. The fourth-order valence-corrected chi connectivity index (χ4v) is 3.42. The van der Waals surface area contributed by atoms with Crippen molar-refractivity contribution in [2.24, 2.45) is 5.92 Å². The Hall–Kier alpha value is -1.40. The zero-order valence-electron chi connectivity index (χ0n) is 12.5. The highest BCUT2D eigenvalue weighted by Gasteiger charge is 2.27. The number of carboxylic acid groups (broad SMARTS) is 1. The van der Waals surface area contributed by atoms with Crippen molar-refractivity contribution in [2.45, 2.75) is 25.8 Å². The second-order valence-electron chi connectivity index (χ2n) is 5.60. The van der Waals surface area contributed by atoms with Gasteiger partial charge in [0.15, 0.2) is 0 Å². The van der Waals surface area contributed by atoms with Gasteiger partial charge in [0.2, 0.25) is 5.91 Å². The lowest BCUT2D eigenvalue weighted by atomic mass is 9.97. The number of carbonyl (C=O) groups excluding carboxylic acids is 1. The predicted molar refractivity (Wildman–Crippen MR) is 82.3 cm³/mol. The summed E-state index contributed by atoms with van der Waals surface area (Å²) in [6, 6.07) is 4.31. The highest BCUT2D eigenvalue weighted by atomic mass is 32.1. The number of piperidine rings is 1. The van der Waals surface area contributed by atoms with Crippen LogP contribution in [0.5, 0.6) is 0 Å². The second kappa shape index (κ2) is 7.04. The number of hydrogen-bond donors (Lipinski definition) is 1. The molecule has 0 aromatic carbocycles. The van der Waals surface area contributed by atoms with E-state index in [2.05, 4.69) is 13.0 Å². The van der Waals surface area contributed by atoms with Crippen LogP contribution in [0.2, 0.25) is 0 Å². The molecule has 0 bridgehead atoms. The molecule has 0 spiro atoms. The summed E-state index contributed by atoms with van der Waals surface area (Å²) in [5, 5.41) is 11.0. The number of amides is 1. The van der Waals surface area contributed by atoms with E-state index in [1.165, 1.54) is 4.88 Å². The van der Waals surface area contributed by atoms with E-state index in [0.29, 0.717) is 32.5 Å². The highest BCUT2D eigenvalue weighted by molar-refractivity contribution is 7.10. The Morgan fingerprint density at radius 2 is 2.14 bits per heavy atom. The zero-order chi connectivity index (χ0) is 15.4. The van der Waals surface area contributed by atoms with E-state index in [-0.39, 0.29) is 17.9 Å². The summed E-state index contributed by atoms with van der Waals surface area (Å²) >= 11 is 1.69. The number of aliphatic carboxylic acids is 1. The molecule has 1 aromatic rings. The van der Waals surface area contributed by atoms with Crippen LogP contribution < -0.4 is 0 Å². The third-order valence-corrected chi connectivity index (χ3v) is 5.24. The molecule has 21 heavy (non-hydrogen) atoms. The standard InChI is InChI=1S/C15H22N2O3S/c1-11(13-4-3-9-21-13)16(2)10-14(18)17-7-5-12(6-8-17)15(19)20/h3-4,9,11-12H,5-8,10H2,1-2H3,(H,19,20). The normalized spacial score (nSPS) is 18.0. The number of carboxylic acids is 1. The summed E-state index contributed by atoms with van der Waals surface area (Å²) in [5.41, 5.74) is 0. The van der Waals surface area contributed by atoms with E-state index >= 15 is 0 Å². The van der Waals surface area contributed by atoms with Crippen LogP contribution in [-0.2, 0) is 9.59 Å². The maximum absolute atomic E-state index is 12.3. The highest BCUT2D eigenvalue weighted by Crippen LogP contribution is 2.23. The maximum atomic E-state index is 12.3. The van der Waals surface area contributed by atoms with Crippen molar-refractivity contribution in [3.63, 3.8) is 0 Å². The predicted octanol–water partition coefficient (Wildman–Crippen LogP) is 2.06. The van der Waals surface area contributed by atoms with Crippen molar-refractivity contribution >= 4 is 23.2 Å². The maximum Gasteiger partial charge on any atom is 0.306 e. The second-order valence-corrected chi connectivity index (χ2v) is 6.58. The molecule has 1 aliphatic rings. The van der Waals surface area contributed by atoms with Crippen molar-refractivity contribution in [1.82, 2.24) is 9.80 Å². The number of carbonyl (C=O) groups is 2.